The molecule has 9 heteroatoms. The van der Waals surface area contributed by atoms with Crippen molar-refractivity contribution in [1.82, 2.24) is 9.97 Å². The number of alkyl halides is 3. The highest BCUT2D eigenvalue weighted by atomic mass is 35.5. The van der Waals surface area contributed by atoms with Gasteiger partial charge in [0.05, 0.1) is 10.7 Å². The van der Waals surface area contributed by atoms with E-state index in [4.69, 9.17) is 23.2 Å². The molecular formula is C11H5Cl2F4N3. The molecule has 0 aliphatic heterocycles. The Kier molecular flexibility index (Phi) is 4.01. The number of rotatable bonds is 2. The molecule has 1 aromatic carbocycles. The summed E-state index contributed by atoms with van der Waals surface area (Å²) < 4.78 is 51.1. The van der Waals surface area contributed by atoms with E-state index in [0.717, 1.165) is 12.1 Å². The molecule has 1 N–H and O–H groups in total. The number of para-hydroxylation sites is 1. The number of hydrogen-bond acceptors (Lipinski definition) is 3. The summed E-state index contributed by atoms with van der Waals surface area (Å²) in [6.07, 6.45) is -4.76. The Labute approximate surface area is 120 Å². The Bertz CT molecular complexity index is 626. The van der Waals surface area contributed by atoms with Gasteiger partial charge in [-0.3, -0.25) is 0 Å². The third-order valence-electron chi connectivity index (χ3n) is 2.16. The van der Waals surface area contributed by atoms with Gasteiger partial charge in [-0.1, -0.05) is 29.3 Å². The van der Waals surface area contributed by atoms with Crippen molar-refractivity contribution in [2.45, 2.75) is 6.18 Å². The second-order valence-corrected chi connectivity index (χ2v) is 4.41. The highest BCUT2D eigenvalue weighted by molar-refractivity contribution is 6.33. The Hall–Kier alpha value is -1.60. The molecule has 20 heavy (non-hydrogen) atoms. The van der Waals surface area contributed by atoms with E-state index in [-0.39, 0.29) is 16.5 Å². The van der Waals surface area contributed by atoms with Crippen molar-refractivity contribution >= 4 is 34.7 Å². The van der Waals surface area contributed by atoms with E-state index in [1.165, 1.54) is 12.1 Å². The first-order valence-corrected chi connectivity index (χ1v) is 5.86. The van der Waals surface area contributed by atoms with Crippen LogP contribution in [0, 0.1) is 5.82 Å². The normalized spacial score (nSPS) is 11.5. The summed E-state index contributed by atoms with van der Waals surface area (Å²) in [6.45, 7) is 0. The summed E-state index contributed by atoms with van der Waals surface area (Å²) in [6, 6.07) is 4.86. The fourth-order valence-corrected chi connectivity index (χ4v) is 1.75. The van der Waals surface area contributed by atoms with Crippen LogP contribution < -0.4 is 5.32 Å². The molecule has 2 rings (SSSR count). The lowest BCUT2D eigenvalue weighted by molar-refractivity contribution is -0.144. The molecule has 2 aromatic rings. The van der Waals surface area contributed by atoms with Gasteiger partial charge in [-0.2, -0.15) is 13.2 Å². The van der Waals surface area contributed by atoms with Crippen molar-refractivity contribution in [3.05, 3.63) is 46.1 Å². The van der Waals surface area contributed by atoms with Crippen LogP contribution in [0.1, 0.15) is 5.82 Å². The van der Waals surface area contributed by atoms with Gasteiger partial charge in [0, 0.05) is 6.07 Å². The predicted octanol–water partition coefficient (Wildman–Crippen LogP) is 4.68. The molecule has 0 saturated carbocycles. The lowest BCUT2D eigenvalue weighted by atomic mass is 10.3. The first-order valence-electron chi connectivity index (χ1n) is 5.10. The van der Waals surface area contributed by atoms with Gasteiger partial charge in [0.2, 0.25) is 5.82 Å². The summed E-state index contributed by atoms with van der Waals surface area (Å²) >= 11 is 11.2. The molecule has 0 aliphatic rings. The topological polar surface area (TPSA) is 37.8 Å². The summed E-state index contributed by atoms with van der Waals surface area (Å²) in [7, 11) is 0. The van der Waals surface area contributed by atoms with Gasteiger partial charge < -0.3 is 5.32 Å². The molecule has 0 spiro atoms. The molecule has 106 valence electrons. The largest absolute Gasteiger partial charge is 0.451 e. The van der Waals surface area contributed by atoms with Crippen molar-refractivity contribution < 1.29 is 17.6 Å². The molecule has 0 atom stereocenters. The smallest absolute Gasteiger partial charge is 0.336 e. The van der Waals surface area contributed by atoms with Crippen molar-refractivity contribution in [3.63, 3.8) is 0 Å². The summed E-state index contributed by atoms with van der Waals surface area (Å²) in [5, 5.41) is 1.92. The van der Waals surface area contributed by atoms with E-state index in [1.54, 1.807) is 0 Å². The Balaban J connectivity index is 2.42. The lowest BCUT2D eigenvalue weighted by Gasteiger charge is -2.11. The van der Waals surface area contributed by atoms with Crippen molar-refractivity contribution in [2.24, 2.45) is 0 Å². The van der Waals surface area contributed by atoms with E-state index >= 15 is 0 Å². The van der Waals surface area contributed by atoms with Gasteiger partial charge in [0.1, 0.15) is 16.8 Å². The number of hydrogen-bond donors (Lipinski definition) is 1. The Morgan fingerprint density at radius 3 is 2.40 bits per heavy atom. The molecule has 0 fully saturated rings. The minimum absolute atomic E-state index is 0.00621. The van der Waals surface area contributed by atoms with Crippen LogP contribution in [0.25, 0.3) is 0 Å². The van der Waals surface area contributed by atoms with E-state index < -0.39 is 23.0 Å². The number of aromatic nitrogens is 2. The van der Waals surface area contributed by atoms with Crippen LogP contribution in [0.5, 0.6) is 0 Å². The second kappa shape index (κ2) is 5.41. The van der Waals surface area contributed by atoms with Gasteiger partial charge in [0.15, 0.2) is 0 Å². The van der Waals surface area contributed by atoms with Crippen molar-refractivity contribution in [3.8, 4) is 0 Å². The van der Waals surface area contributed by atoms with E-state index in [2.05, 4.69) is 15.3 Å². The van der Waals surface area contributed by atoms with Gasteiger partial charge in [0.25, 0.3) is 0 Å². The fraction of sp³-hybridized carbons (Fsp3) is 0.0909. The number of nitrogens with one attached hydrogen (secondary N) is 1. The monoisotopic (exact) mass is 325 g/mol. The second-order valence-electron chi connectivity index (χ2n) is 3.62. The standard InChI is InChI=1S/C11H5Cl2F4N3/c12-5-2-1-3-6(14)9(5)19-8-4-7(13)18-10(20-8)11(15,16)17/h1-4H,(H,18,19,20). The lowest BCUT2D eigenvalue weighted by Crippen LogP contribution is -2.12. The van der Waals surface area contributed by atoms with Gasteiger partial charge in [-0.15, -0.1) is 0 Å². The van der Waals surface area contributed by atoms with Crippen LogP contribution in [0.4, 0.5) is 29.1 Å². The van der Waals surface area contributed by atoms with Crippen LogP contribution in [0.3, 0.4) is 0 Å². The Morgan fingerprint density at radius 1 is 1.10 bits per heavy atom. The zero-order chi connectivity index (χ0) is 14.9. The number of benzene rings is 1. The van der Waals surface area contributed by atoms with Gasteiger partial charge in [-0.25, -0.2) is 14.4 Å². The summed E-state index contributed by atoms with van der Waals surface area (Å²) in [5.41, 5.74) is -0.197. The predicted molar refractivity (Wildman–Crippen MR) is 66.7 cm³/mol. The zero-order valence-corrected chi connectivity index (χ0v) is 11.0. The summed E-state index contributed by atoms with van der Waals surface area (Å²) in [5.74, 6) is -2.48. The maximum Gasteiger partial charge on any atom is 0.451 e. The average molecular weight is 326 g/mol. The molecule has 0 radical (unpaired) electrons. The maximum absolute atomic E-state index is 13.5. The average Bonchev–Trinajstić information content (AvgIpc) is 2.32. The summed E-state index contributed by atoms with van der Waals surface area (Å²) in [4.78, 5) is 6.28. The van der Waals surface area contributed by atoms with Crippen LogP contribution >= 0.6 is 23.2 Å². The Morgan fingerprint density at radius 2 is 1.80 bits per heavy atom. The number of halogens is 6. The minimum Gasteiger partial charge on any atom is -0.336 e. The third-order valence-corrected chi connectivity index (χ3v) is 2.67. The molecule has 1 heterocycles. The van der Waals surface area contributed by atoms with Crippen LogP contribution in [0.2, 0.25) is 10.2 Å². The van der Waals surface area contributed by atoms with Gasteiger partial charge >= 0.3 is 6.18 Å². The van der Waals surface area contributed by atoms with E-state index in [1.807, 2.05) is 0 Å². The van der Waals surface area contributed by atoms with E-state index in [0.29, 0.717) is 0 Å². The van der Waals surface area contributed by atoms with E-state index in [9.17, 15) is 17.6 Å². The molecule has 3 nitrogen and oxygen atoms in total. The highest BCUT2D eigenvalue weighted by Gasteiger charge is 2.35. The molecule has 1 aromatic heterocycles. The van der Waals surface area contributed by atoms with Crippen LogP contribution in [-0.2, 0) is 6.18 Å². The first-order chi connectivity index (χ1) is 9.27. The zero-order valence-electron chi connectivity index (χ0n) is 9.47. The first kappa shape index (κ1) is 14.8. The van der Waals surface area contributed by atoms with Gasteiger partial charge in [-0.05, 0) is 12.1 Å². The quantitative estimate of drug-likeness (QED) is 0.643. The molecule has 0 bridgehead atoms. The molecule has 0 saturated heterocycles. The van der Waals surface area contributed by atoms with Crippen molar-refractivity contribution in [2.75, 3.05) is 5.32 Å². The van der Waals surface area contributed by atoms with Crippen LogP contribution in [-0.4, -0.2) is 9.97 Å². The fourth-order valence-electron chi connectivity index (χ4n) is 1.35. The number of nitrogens with zero attached hydrogens (tertiary/aromatic N) is 2. The third kappa shape index (κ3) is 3.29. The minimum atomic E-state index is -4.76. The highest BCUT2D eigenvalue weighted by Crippen LogP contribution is 2.31. The molecule has 0 aliphatic carbocycles. The molecular weight excluding hydrogens is 321 g/mol. The number of anilines is 2. The molecule has 0 amide bonds. The SMILES string of the molecule is Fc1cccc(Cl)c1Nc1cc(Cl)nc(C(F)(F)F)n1. The van der Waals surface area contributed by atoms with Crippen molar-refractivity contribution in [1.29, 1.82) is 0 Å². The van der Waals surface area contributed by atoms with Crippen LogP contribution in [0.15, 0.2) is 24.3 Å². The maximum atomic E-state index is 13.5. The molecule has 0 unspecified atom stereocenters.